The van der Waals surface area contributed by atoms with Crippen LogP contribution in [0.4, 0.5) is 0 Å². The molecule has 1 aromatic rings. The van der Waals surface area contributed by atoms with Crippen molar-refractivity contribution < 1.29 is 4.79 Å². The second-order valence-electron chi connectivity index (χ2n) is 4.07. The normalized spacial score (nSPS) is 14.2. The van der Waals surface area contributed by atoms with Gasteiger partial charge in [-0.3, -0.25) is 9.78 Å². The van der Waals surface area contributed by atoms with Crippen molar-refractivity contribution in [3.8, 4) is 12.3 Å². The lowest BCUT2D eigenvalue weighted by Gasteiger charge is -2.19. The van der Waals surface area contributed by atoms with Crippen molar-refractivity contribution in [3.63, 3.8) is 0 Å². The van der Waals surface area contributed by atoms with Crippen LogP contribution in [-0.4, -0.2) is 28.9 Å². The van der Waals surface area contributed by atoms with E-state index < -0.39 is 0 Å². The third kappa shape index (κ3) is 2.60. The molecule has 3 heteroatoms. The summed E-state index contributed by atoms with van der Waals surface area (Å²) in [7, 11) is 0. The average Bonchev–Trinajstić information content (AvgIpc) is 3.13. The van der Waals surface area contributed by atoms with Crippen molar-refractivity contribution in [1.82, 2.24) is 9.88 Å². The Morgan fingerprint density at radius 3 is 3.00 bits per heavy atom. The highest BCUT2D eigenvalue weighted by atomic mass is 16.2. The van der Waals surface area contributed by atoms with Crippen molar-refractivity contribution >= 4 is 5.91 Å². The minimum absolute atomic E-state index is 0.0158. The van der Waals surface area contributed by atoms with E-state index in [0.717, 1.165) is 6.54 Å². The molecule has 0 radical (unpaired) electrons. The lowest BCUT2D eigenvalue weighted by Crippen LogP contribution is -2.33. The fraction of sp³-hybridized carbons (Fsp3) is 0.385. The third-order valence-corrected chi connectivity index (χ3v) is 2.65. The van der Waals surface area contributed by atoms with Crippen LogP contribution >= 0.6 is 0 Å². The van der Waals surface area contributed by atoms with Crippen LogP contribution < -0.4 is 0 Å². The second kappa shape index (κ2) is 4.80. The van der Waals surface area contributed by atoms with Gasteiger partial charge in [-0.15, -0.1) is 6.42 Å². The Morgan fingerprint density at radius 1 is 1.62 bits per heavy atom. The number of nitrogens with zero attached hydrogens (tertiary/aromatic N) is 2. The van der Waals surface area contributed by atoms with Gasteiger partial charge in [0.15, 0.2) is 0 Å². The molecule has 0 aromatic carbocycles. The molecule has 0 aliphatic heterocycles. The van der Waals surface area contributed by atoms with Crippen LogP contribution in [0.5, 0.6) is 0 Å². The molecule has 1 aromatic heterocycles. The maximum absolute atomic E-state index is 12.1. The van der Waals surface area contributed by atoms with Gasteiger partial charge in [0.2, 0.25) is 0 Å². The Labute approximate surface area is 95.5 Å². The fourth-order valence-corrected chi connectivity index (χ4v) is 1.61. The molecule has 1 amide bonds. The largest absolute Gasteiger partial charge is 0.327 e. The predicted molar refractivity (Wildman–Crippen MR) is 61.7 cm³/mol. The Morgan fingerprint density at radius 2 is 2.44 bits per heavy atom. The smallest absolute Gasteiger partial charge is 0.256 e. The molecule has 3 nitrogen and oxygen atoms in total. The highest BCUT2D eigenvalue weighted by molar-refractivity contribution is 5.94. The van der Waals surface area contributed by atoms with Crippen LogP contribution in [0, 0.1) is 18.3 Å². The zero-order valence-electron chi connectivity index (χ0n) is 9.10. The Kier molecular flexibility index (Phi) is 3.21. The first-order valence-corrected chi connectivity index (χ1v) is 5.44. The van der Waals surface area contributed by atoms with E-state index >= 15 is 0 Å². The molecule has 0 N–H and O–H groups in total. The summed E-state index contributed by atoms with van der Waals surface area (Å²) < 4.78 is 0. The van der Waals surface area contributed by atoms with Crippen molar-refractivity contribution in [2.45, 2.75) is 12.8 Å². The van der Waals surface area contributed by atoms with E-state index in [2.05, 4.69) is 10.9 Å². The molecule has 2 rings (SSSR count). The second-order valence-corrected chi connectivity index (χ2v) is 4.07. The molecule has 1 aliphatic carbocycles. The van der Waals surface area contributed by atoms with E-state index in [0.29, 0.717) is 18.0 Å². The summed E-state index contributed by atoms with van der Waals surface area (Å²) in [6, 6.07) is 3.53. The summed E-state index contributed by atoms with van der Waals surface area (Å²) in [5, 5.41) is 0. The Hall–Kier alpha value is -1.82. The minimum atomic E-state index is -0.0158. The summed E-state index contributed by atoms with van der Waals surface area (Å²) in [4.78, 5) is 17.8. The van der Waals surface area contributed by atoms with E-state index in [1.54, 1.807) is 29.4 Å². The van der Waals surface area contributed by atoms with Crippen LogP contribution in [0.1, 0.15) is 23.2 Å². The standard InChI is InChI=1S/C13H14N2O/c1-2-8-15(10-11-5-6-11)13(16)12-4-3-7-14-9-12/h1,3-4,7,9,11H,5-6,8,10H2. The first-order chi connectivity index (χ1) is 7.81. The number of hydrogen-bond donors (Lipinski definition) is 0. The van der Waals surface area contributed by atoms with E-state index in [4.69, 9.17) is 6.42 Å². The van der Waals surface area contributed by atoms with Crippen LogP contribution in [0.3, 0.4) is 0 Å². The first kappa shape index (κ1) is 10.7. The summed E-state index contributed by atoms with van der Waals surface area (Å²) in [5.74, 6) is 3.17. The lowest BCUT2D eigenvalue weighted by molar-refractivity contribution is 0.0769. The maximum atomic E-state index is 12.1. The van der Waals surface area contributed by atoms with Gasteiger partial charge in [-0.2, -0.15) is 0 Å². The van der Waals surface area contributed by atoms with Gasteiger partial charge in [0, 0.05) is 18.9 Å². The van der Waals surface area contributed by atoms with Gasteiger partial charge >= 0.3 is 0 Å². The topological polar surface area (TPSA) is 33.2 Å². The number of carbonyl (C=O) groups excluding carboxylic acids is 1. The molecule has 0 spiro atoms. The molecule has 82 valence electrons. The number of amides is 1. The Bertz CT molecular complexity index is 404. The monoisotopic (exact) mass is 214 g/mol. The molecule has 0 bridgehead atoms. The summed E-state index contributed by atoms with van der Waals surface area (Å²) in [5.41, 5.74) is 0.610. The van der Waals surface area contributed by atoms with Crippen LogP contribution in [0.25, 0.3) is 0 Å². The van der Waals surface area contributed by atoms with Gasteiger partial charge in [0.25, 0.3) is 5.91 Å². The van der Waals surface area contributed by atoms with Crippen LogP contribution in [0.15, 0.2) is 24.5 Å². The number of rotatable bonds is 4. The molecule has 1 fully saturated rings. The van der Waals surface area contributed by atoms with E-state index in [9.17, 15) is 4.79 Å². The van der Waals surface area contributed by atoms with Gasteiger partial charge < -0.3 is 4.90 Å². The average molecular weight is 214 g/mol. The SMILES string of the molecule is C#CCN(CC1CC1)C(=O)c1cccnc1. The number of carbonyl (C=O) groups is 1. The third-order valence-electron chi connectivity index (χ3n) is 2.65. The molecule has 0 atom stereocenters. The molecular formula is C13H14N2O. The van der Waals surface area contributed by atoms with Gasteiger partial charge in [0.05, 0.1) is 12.1 Å². The van der Waals surface area contributed by atoms with Gasteiger partial charge in [0.1, 0.15) is 0 Å². The molecule has 0 saturated heterocycles. The number of terminal acetylenes is 1. The number of hydrogen-bond acceptors (Lipinski definition) is 2. The molecular weight excluding hydrogens is 200 g/mol. The van der Waals surface area contributed by atoms with Gasteiger partial charge in [-0.05, 0) is 30.9 Å². The van der Waals surface area contributed by atoms with E-state index in [1.165, 1.54) is 12.8 Å². The van der Waals surface area contributed by atoms with Crippen molar-refractivity contribution in [2.24, 2.45) is 5.92 Å². The number of aromatic nitrogens is 1. The van der Waals surface area contributed by atoms with Gasteiger partial charge in [-0.25, -0.2) is 0 Å². The predicted octanol–water partition coefficient (Wildman–Crippen LogP) is 1.57. The summed E-state index contributed by atoms with van der Waals surface area (Å²) in [6.45, 7) is 1.15. The van der Waals surface area contributed by atoms with E-state index in [1.807, 2.05) is 0 Å². The van der Waals surface area contributed by atoms with Crippen molar-refractivity contribution in [1.29, 1.82) is 0 Å². The molecule has 1 saturated carbocycles. The zero-order valence-corrected chi connectivity index (χ0v) is 9.10. The van der Waals surface area contributed by atoms with Gasteiger partial charge in [-0.1, -0.05) is 5.92 Å². The maximum Gasteiger partial charge on any atom is 0.256 e. The highest BCUT2D eigenvalue weighted by Gasteiger charge is 2.26. The zero-order chi connectivity index (χ0) is 11.4. The van der Waals surface area contributed by atoms with E-state index in [-0.39, 0.29) is 5.91 Å². The van der Waals surface area contributed by atoms with Crippen molar-refractivity contribution in [3.05, 3.63) is 30.1 Å². The minimum Gasteiger partial charge on any atom is -0.327 e. The number of pyridine rings is 1. The van der Waals surface area contributed by atoms with Crippen molar-refractivity contribution in [2.75, 3.05) is 13.1 Å². The molecule has 1 aliphatic rings. The lowest BCUT2D eigenvalue weighted by atomic mass is 10.2. The summed E-state index contributed by atoms with van der Waals surface area (Å²) >= 11 is 0. The quantitative estimate of drug-likeness (QED) is 0.713. The first-order valence-electron chi connectivity index (χ1n) is 5.44. The summed E-state index contributed by atoms with van der Waals surface area (Å²) in [6.07, 6.45) is 10.9. The van der Waals surface area contributed by atoms with Crippen LogP contribution in [0.2, 0.25) is 0 Å². The molecule has 16 heavy (non-hydrogen) atoms. The highest BCUT2D eigenvalue weighted by Crippen LogP contribution is 2.29. The Balaban J connectivity index is 2.07. The fourth-order valence-electron chi connectivity index (χ4n) is 1.61. The molecule has 1 heterocycles. The molecule has 0 unspecified atom stereocenters. The van der Waals surface area contributed by atoms with Crippen LogP contribution in [-0.2, 0) is 0 Å².